The molecule has 1 heterocycles. The lowest BCUT2D eigenvalue weighted by atomic mass is 9.90. The summed E-state index contributed by atoms with van der Waals surface area (Å²) in [5.74, 6) is 0.0750. The topological polar surface area (TPSA) is 38.3 Å². The van der Waals surface area contributed by atoms with E-state index in [2.05, 4.69) is 5.32 Å². The van der Waals surface area contributed by atoms with Gasteiger partial charge in [0.15, 0.2) is 0 Å². The molecule has 0 fully saturated rings. The highest BCUT2D eigenvalue weighted by atomic mass is 32.1. The van der Waals surface area contributed by atoms with E-state index in [1.54, 1.807) is 18.4 Å². The molecule has 0 bridgehead atoms. The van der Waals surface area contributed by atoms with Gasteiger partial charge in [-0.3, -0.25) is 4.79 Å². The van der Waals surface area contributed by atoms with Crippen LogP contribution in [0.25, 0.3) is 0 Å². The van der Waals surface area contributed by atoms with Gasteiger partial charge < -0.3 is 10.1 Å². The van der Waals surface area contributed by atoms with Crippen LogP contribution < -0.4 is 5.32 Å². The Hall–Kier alpha value is -0.870. The van der Waals surface area contributed by atoms with Gasteiger partial charge in [0.2, 0.25) is 5.91 Å². The second kappa shape index (κ2) is 6.01. The minimum atomic E-state index is -0.443. The molecular weight excluding hydrogens is 222 g/mol. The van der Waals surface area contributed by atoms with Crippen LogP contribution in [-0.2, 0) is 14.9 Å². The molecule has 0 saturated heterocycles. The van der Waals surface area contributed by atoms with Gasteiger partial charge in [-0.05, 0) is 31.7 Å². The van der Waals surface area contributed by atoms with Crippen molar-refractivity contribution < 1.29 is 9.53 Å². The summed E-state index contributed by atoms with van der Waals surface area (Å²) in [5.41, 5.74) is -0.443. The fourth-order valence-electron chi connectivity index (χ4n) is 1.39. The summed E-state index contributed by atoms with van der Waals surface area (Å²) in [5, 5.41) is 4.93. The van der Waals surface area contributed by atoms with E-state index in [1.807, 2.05) is 31.4 Å². The number of hydrogen-bond donors (Lipinski definition) is 1. The first-order valence-electron chi connectivity index (χ1n) is 5.40. The summed E-state index contributed by atoms with van der Waals surface area (Å²) in [7, 11) is 1.66. The van der Waals surface area contributed by atoms with Gasteiger partial charge in [-0.2, -0.15) is 0 Å². The van der Waals surface area contributed by atoms with Gasteiger partial charge in [0.25, 0.3) is 0 Å². The molecule has 3 nitrogen and oxygen atoms in total. The molecule has 1 aromatic rings. The van der Waals surface area contributed by atoms with Crippen molar-refractivity contribution in [2.75, 3.05) is 20.3 Å². The van der Waals surface area contributed by atoms with E-state index >= 15 is 0 Å². The standard InChI is InChI=1S/C12H19NO2S/c1-12(2,10-6-4-9-16-10)11(14)13-7-5-8-15-3/h4,6,9H,5,7-8H2,1-3H3,(H,13,14). The van der Waals surface area contributed by atoms with E-state index in [9.17, 15) is 4.79 Å². The highest BCUT2D eigenvalue weighted by molar-refractivity contribution is 7.10. The lowest BCUT2D eigenvalue weighted by molar-refractivity contribution is -0.125. The molecule has 16 heavy (non-hydrogen) atoms. The van der Waals surface area contributed by atoms with Crippen molar-refractivity contribution in [3.05, 3.63) is 22.4 Å². The number of ether oxygens (including phenoxy) is 1. The smallest absolute Gasteiger partial charge is 0.230 e. The zero-order valence-electron chi connectivity index (χ0n) is 10.1. The molecule has 0 spiro atoms. The summed E-state index contributed by atoms with van der Waals surface area (Å²) < 4.78 is 4.93. The first-order valence-corrected chi connectivity index (χ1v) is 6.28. The molecule has 0 aromatic carbocycles. The number of rotatable bonds is 6. The van der Waals surface area contributed by atoms with Gasteiger partial charge in [-0.1, -0.05) is 6.07 Å². The Labute approximate surface area is 101 Å². The van der Waals surface area contributed by atoms with Gasteiger partial charge in [0.05, 0.1) is 5.41 Å². The molecule has 0 aliphatic rings. The van der Waals surface area contributed by atoms with Gasteiger partial charge in [-0.15, -0.1) is 11.3 Å². The quantitative estimate of drug-likeness (QED) is 0.775. The van der Waals surface area contributed by atoms with Crippen molar-refractivity contribution in [2.24, 2.45) is 0 Å². The molecule has 1 aromatic heterocycles. The SMILES string of the molecule is COCCCNC(=O)C(C)(C)c1cccs1. The summed E-state index contributed by atoms with van der Waals surface area (Å²) in [6.45, 7) is 5.25. The average molecular weight is 241 g/mol. The summed E-state index contributed by atoms with van der Waals surface area (Å²) >= 11 is 1.62. The minimum Gasteiger partial charge on any atom is -0.385 e. The molecule has 0 radical (unpaired) electrons. The van der Waals surface area contributed by atoms with Crippen LogP contribution in [0.3, 0.4) is 0 Å². The molecule has 90 valence electrons. The molecule has 1 amide bonds. The van der Waals surface area contributed by atoms with E-state index < -0.39 is 5.41 Å². The first kappa shape index (κ1) is 13.2. The molecule has 0 aliphatic heterocycles. The van der Waals surface area contributed by atoms with Crippen molar-refractivity contribution in [3.63, 3.8) is 0 Å². The fourth-order valence-corrected chi connectivity index (χ4v) is 2.23. The molecule has 0 unspecified atom stereocenters. The normalized spacial score (nSPS) is 11.4. The van der Waals surface area contributed by atoms with Crippen molar-refractivity contribution >= 4 is 17.2 Å². The van der Waals surface area contributed by atoms with Crippen LogP contribution in [0, 0.1) is 0 Å². The highest BCUT2D eigenvalue weighted by Gasteiger charge is 2.30. The zero-order valence-corrected chi connectivity index (χ0v) is 10.9. The lowest BCUT2D eigenvalue weighted by Crippen LogP contribution is -2.40. The van der Waals surface area contributed by atoms with Crippen LogP contribution in [0.4, 0.5) is 0 Å². The molecule has 0 saturated carbocycles. The van der Waals surface area contributed by atoms with E-state index in [4.69, 9.17) is 4.74 Å². The van der Waals surface area contributed by atoms with Crippen LogP contribution in [0.2, 0.25) is 0 Å². The van der Waals surface area contributed by atoms with Gasteiger partial charge in [0, 0.05) is 25.1 Å². The fraction of sp³-hybridized carbons (Fsp3) is 0.583. The number of carbonyl (C=O) groups is 1. The van der Waals surface area contributed by atoms with Gasteiger partial charge in [0.1, 0.15) is 0 Å². The van der Waals surface area contributed by atoms with Crippen molar-refractivity contribution in [2.45, 2.75) is 25.7 Å². The number of thiophene rings is 1. The summed E-state index contributed by atoms with van der Waals surface area (Å²) in [6, 6.07) is 3.97. The summed E-state index contributed by atoms with van der Waals surface area (Å²) in [4.78, 5) is 13.1. The third-order valence-corrected chi connectivity index (χ3v) is 3.71. The van der Waals surface area contributed by atoms with Crippen molar-refractivity contribution in [3.8, 4) is 0 Å². The maximum atomic E-state index is 12.0. The molecule has 1 N–H and O–H groups in total. The Bertz CT molecular complexity index is 320. The Morgan fingerprint density at radius 3 is 2.88 bits per heavy atom. The predicted molar refractivity (Wildman–Crippen MR) is 66.8 cm³/mol. The Balaban J connectivity index is 2.46. The van der Waals surface area contributed by atoms with Crippen LogP contribution in [-0.4, -0.2) is 26.2 Å². The number of methoxy groups -OCH3 is 1. The second-order valence-corrected chi connectivity index (χ2v) is 5.15. The Kier molecular flexibility index (Phi) is 4.96. The molecule has 4 heteroatoms. The van der Waals surface area contributed by atoms with Crippen molar-refractivity contribution in [1.82, 2.24) is 5.32 Å². The third kappa shape index (κ3) is 3.32. The summed E-state index contributed by atoms with van der Waals surface area (Å²) in [6.07, 6.45) is 0.850. The van der Waals surface area contributed by atoms with E-state index in [0.717, 1.165) is 11.3 Å². The van der Waals surface area contributed by atoms with Crippen molar-refractivity contribution in [1.29, 1.82) is 0 Å². The average Bonchev–Trinajstić information content (AvgIpc) is 2.77. The third-order valence-electron chi connectivity index (χ3n) is 2.52. The van der Waals surface area contributed by atoms with Crippen LogP contribution in [0.1, 0.15) is 25.1 Å². The van der Waals surface area contributed by atoms with E-state index in [-0.39, 0.29) is 5.91 Å². The number of carbonyl (C=O) groups excluding carboxylic acids is 1. The number of hydrogen-bond acceptors (Lipinski definition) is 3. The minimum absolute atomic E-state index is 0.0750. The van der Waals surface area contributed by atoms with E-state index in [1.165, 1.54) is 0 Å². The number of amides is 1. The monoisotopic (exact) mass is 241 g/mol. The second-order valence-electron chi connectivity index (χ2n) is 4.20. The lowest BCUT2D eigenvalue weighted by Gasteiger charge is -2.22. The van der Waals surface area contributed by atoms with Crippen LogP contribution in [0.15, 0.2) is 17.5 Å². The largest absolute Gasteiger partial charge is 0.385 e. The molecule has 1 rings (SSSR count). The molecule has 0 aliphatic carbocycles. The predicted octanol–water partition coefficient (Wildman–Crippen LogP) is 2.18. The van der Waals surface area contributed by atoms with E-state index in [0.29, 0.717) is 13.2 Å². The number of nitrogens with one attached hydrogen (secondary N) is 1. The van der Waals surface area contributed by atoms with Gasteiger partial charge in [-0.25, -0.2) is 0 Å². The van der Waals surface area contributed by atoms with Gasteiger partial charge >= 0.3 is 0 Å². The maximum Gasteiger partial charge on any atom is 0.230 e. The Morgan fingerprint density at radius 1 is 1.56 bits per heavy atom. The Morgan fingerprint density at radius 2 is 2.31 bits per heavy atom. The maximum absolute atomic E-state index is 12.0. The highest BCUT2D eigenvalue weighted by Crippen LogP contribution is 2.27. The molecule has 0 atom stereocenters. The zero-order chi connectivity index (χ0) is 12.0. The molecular formula is C12H19NO2S. The first-order chi connectivity index (χ1) is 7.59. The van der Waals surface area contributed by atoms with Crippen LogP contribution >= 0.6 is 11.3 Å². The van der Waals surface area contributed by atoms with Crippen LogP contribution in [0.5, 0.6) is 0 Å².